The Morgan fingerprint density at radius 2 is 2.13 bits per heavy atom. The second-order valence-corrected chi connectivity index (χ2v) is 7.91. The molecule has 1 amide bonds. The average molecular weight is 361 g/mol. The molecule has 1 aliphatic carbocycles. The molecule has 1 aromatic carbocycles. The van der Waals surface area contributed by atoms with Gasteiger partial charge in [-0.1, -0.05) is 18.0 Å². The molecule has 6 nitrogen and oxygen atoms in total. The van der Waals surface area contributed by atoms with E-state index in [1.54, 1.807) is 12.1 Å². The monoisotopic (exact) mass is 360 g/mol. The lowest BCUT2D eigenvalue weighted by atomic mass is 9.85. The molecule has 0 spiro atoms. The number of ether oxygens (including phenoxy) is 1. The SMILES string of the molecule is COc1ccc(Cl)cc1N(CCNC(=O)C1CCC1)S(C)(=O)=O. The van der Waals surface area contributed by atoms with Gasteiger partial charge in [-0.15, -0.1) is 0 Å². The Kier molecular flexibility index (Phi) is 5.75. The topological polar surface area (TPSA) is 75.7 Å². The quantitative estimate of drug-likeness (QED) is 0.807. The van der Waals surface area contributed by atoms with E-state index in [1.807, 2.05) is 0 Å². The van der Waals surface area contributed by atoms with Crippen LogP contribution in [0.25, 0.3) is 0 Å². The first-order valence-corrected chi connectivity index (χ1v) is 9.64. The lowest BCUT2D eigenvalue weighted by Crippen LogP contribution is -2.41. The minimum absolute atomic E-state index is 0.0113. The van der Waals surface area contributed by atoms with E-state index in [9.17, 15) is 13.2 Å². The highest BCUT2D eigenvalue weighted by molar-refractivity contribution is 7.92. The smallest absolute Gasteiger partial charge is 0.232 e. The summed E-state index contributed by atoms with van der Waals surface area (Å²) in [7, 11) is -2.07. The summed E-state index contributed by atoms with van der Waals surface area (Å²) < 4.78 is 30.6. The van der Waals surface area contributed by atoms with Gasteiger partial charge >= 0.3 is 0 Å². The van der Waals surface area contributed by atoms with Crippen molar-refractivity contribution in [2.45, 2.75) is 19.3 Å². The number of hydrogen-bond donors (Lipinski definition) is 1. The first-order chi connectivity index (χ1) is 10.8. The fourth-order valence-corrected chi connectivity index (χ4v) is 3.51. The minimum atomic E-state index is -3.53. The van der Waals surface area contributed by atoms with Gasteiger partial charge in [-0.3, -0.25) is 9.10 Å². The van der Waals surface area contributed by atoms with E-state index in [2.05, 4.69) is 5.32 Å². The summed E-state index contributed by atoms with van der Waals surface area (Å²) in [6, 6.07) is 4.78. The number of methoxy groups -OCH3 is 1. The molecule has 0 heterocycles. The zero-order valence-corrected chi connectivity index (χ0v) is 14.8. The maximum atomic E-state index is 12.1. The number of anilines is 1. The van der Waals surface area contributed by atoms with Crippen molar-refractivity contribution < 1.29 is 17.9 Å². The van der Waals surface area contributed by atoms with Gasteiger partial charge in [-0.05, 0) is 31.0 Å². The number of nitrogens with zero attached hydrogens (tertiary/aromatic N) is 1. The van der Waals surface area contributed by atoms with Gasteiger partial charge in [-0.2, -0.15) is 0 Å². The van der Waals surface area contributed by atoms with E-state index in [-0.39, 0.29) is 24.9 Å². The lowest BCUT2D eigenvalue weighted by Gasteiger charge is -2.27. The van der Waals surface area contributed by atoms with Crippen molar-refractivity contribution in [2.75, 3.05) is 30.8 Å². The summed E-state index contributed by atoms with van der Waals surface area (Å²) in [6.45, 7) is 0.353. The highest BCUT2D eigenvalue weighted by Crippen LogP contribution is 2.32. The van der Waals surface area contributed by atoms with E-state index in [4.69, 9.17) is 16.3 Å². The van der Waals surface area contributed by atoms with Gasteiger partial charge in [0.25, 0.3) is 0 Å². The number of benzene rings is 1. The number of carbonyl (C=O) groups excluding carboxylic acids is 1. The molecule has 1 fully saturated rings. The highest BCUT2D eigenvalue weighted by Gasteiger charge is 2.26. The van der Waals surface area contributed by atoms with Crippen molar-refractivity contribution in [2.24, 2.45) is 5.92 Å². The standard InChI is InChI=1S/C15H21ClN2O4S/c1-22-14-7-6-12(16)10-13(14)18(23(2,20)21)9-8-17-15(19)11-4-3-5-11/h6-7,10-11H,3-5,8-9H2,1-2H3,(H,17,19). The number of rotatable bonds is 7. The molecule has 0 atom stereocenters. The fourth-order valence-electron chi connectivity index (χ4n) is 2.42. The number of nitrogens with one attached hydrogen (secondary N) is 1. The predicted octanol–water partition coefficient (Wildman–Crippen LogP) is 2.03. The third-order valence-corrected chi connectivity index (χ3v) is 5.32. The summed E-state index contributed by atoms with van der Waals surface area (Å²) >= 11 is 5.97. The number of hydrogen-bond acceptors (Lipinski definition) is 4. The van der Waals surface area contributed by atoms with Crippen molar-refractivity contribution in [1.29, 1.82) is 0 Å². The Labute approximate surface area is 141 Å². The first-order valence-electron chi connectivity index (χ1n) is 7.42. The van der Waals surface area contributed by atoms with Crippen LogP contribution in [-0.2, 0) is 14.8 Å². The van der Waals surface area contributed by atoms with Crippen LogP contribution < -0.4 is 14.4 Å². The van der Waals surface area contributed by atoms with E-state index < -0.39 is 10.0 Å². The van der Waals surface area contributed by atoms with Gasteiger partial charge in [0.05, 0.1) is 25.6 Å². The molecule has 128 valence electrons. The molecule has 1 saturated carbocycles. The van der Waals surface area contributed by atoms with Gasteiger partial charge in [0.1, 0.15) is 5.75 Å². The number of amides is 1. The second kappa shape index (κ2) is 7.40. The number of halogens is 1. The van der Waals surface area contributed by atoms with E-state index in [0.717, 1.165) is 25.5 Å². The predicted molar refractivity (Wildman–Crippen MR) is 90.5 cm³/mol. The summed E-state index contributed by atoms with van der Waals surface area (Å²) in [5.74, 6) is 0.468. The summed E-state index contributed by atoms with van der Waals surface area (Å²) in [6.07, 6.45) is 4.00. The van der Waals surface area contributed by atoms with Crippen LogP contribution >= 0.6 is 11.6 Å². The molecule has 23 heavy (non-hydrogen) atoms. The van der Waals surface area contributed by atoms with Gasteiger partial charge in [0.15, 0.2) is 0 Å². The largest absolute Gasteiger partial charge is 0.495 e. The summed E-state index contributed by atoms with van der Waals surface area (Å²) in [5.41, 5.74) is 0.361. The average Bonchev–Trinajstić information content (AvgIpc) is 2.40. The third kappa shape index (κ3) is 4.51. The molecule has 1 aromatic rings. The molecule has 1 N–H and O–H groups in total. The Balaban J connectivity index is 2.11. The van der Waals surface area contributed by atoms with Crippen molar-refractivity contribution in [3.63, 3.8) is 0 Å². The molecule has 8 heteroatoms. The van der Waals surface area contributed by atoms with Crippen molar-refractivity contribution in [3.05, 3.63) is 23.2 Å². The van der Waals surface area contributed by atoms with Crippen molar-refractivity contribution in [3.8, 4) is 5.75 Å². The van der Waals surface area contributed by atoms with Crippen LogP contribution in [-0.4, -0.2) is 40.8 Å². The Hall–Kier alpha value is -1.47. The van der Waals surface area contributed by atoms with Crippen molar-refractivity contribution >= 4 is 33.2 Å². The molecule has 0 aromatic heterocycles. The lowest BCUT2D eigenvalue weighted by molar-refractivity contribution is -0.127. The Morgan fingerprint density at radius 3 is 2.65 bits per heavy atom. The van der Waals surface area contributed by atoms with Gasteiger partial charge in [0.2, 0.25) is 15.9 Å². The molecule has 2 rings (SSSR count). The number of sulfonamides is 1. The van der Waals surface area contributed by atoms with Crippen LogP contribution in [0.5, 0.6) is 5.75 Å². The molecule has 0 unspecified atom stereocenters. The zero-order chi connectivity index (χ0) is 17.0. The molecular formula is C15H21ClN2O4S. The molecule has 0 saturated heterocycles. The van der Waals surface area contributed by atoms with Crippen LogP contribution in [0.15, 0.2) is 18.2 Å². The van der Waals surface area contributed by atoms with Crippen molar-refractivity contribution in [1.82, 2.24) is 5.32 Å². The first kappa shape index (κ1) is 17.9. The highest BCUT2D eigenvalue weighted by atomic mass is 35.5. The molecule has 0 aliphatic heterocycles. The van der Waals surface area contributed by atoms with Gasteiger partial charge < -0.3 is 10.1 Å². The van der Waals surface area contributed by atoms with Crippen LogP contribution in [0.2, 0.25) is 5.02 Å². The number of carbonyl (C=O) groups is 1. The Morgan fingerprint density at radius 1 is 1.43 bits per heavy atom. The molecule has 0 radical (unpaired) electrons. The van der Waals surface area contributed by atoms with Crippen LogP contribution in [0, 0.1) is 5.92 Å². The minimum Gasteiger partial charge on any atom is -0.495 e. The maximum Gasteiger partial charge on any atom is 0.232 e. The third-order valence-electron chi connectivity index (χ3n) is 3.90. The molecule has 1 aliphatic rings. The fraction of sp³-hybridized carbons (Fsp3) is 0.533. The van der Waals surface area contributed by atoms with Gasteiger partial charge in [0, 0.05) is 17.5 Å². The van der Waals surface area contributed by atoms with Crippen LogP contribution in [0.4, 0.5) is 5.69 Å². The molecule has 0 bridgehead atoms. The van der Waals surface area contributed by atoms with Crippen LogP contribution in [0.1, 0.15) is 19.3 Å². The summed E-state index contributed by atoms with van der Waals surface area (Å²) in [5, 5.41) is 3.20. The maximum absolute atomic E-state index is 12.1. The second-order valence-electron chi connectivity index (χ2n) is 5.57. The molecular weight excluding hydrogens is 340 g/mol. The van der Waals surface area contributed by atoms with Gasteiger partial charge in [-0.25, -0.2) is 8.42 Å². The van der Waals surface area contributed by atoms with Crippen LogP contribution in [0.3, 0.4) is 0 Å². The zero-order valence-electron chi connectivity index (χ0n) is 13.2. The van der Waals surface area contributed by atoms with E-state index in [1.165, 1.54) is 17.5 Å². The van der Waals surface area contributed by atoms with E-state index in [0.29, 0.717) is 16.5 Å². The summed E-state index contributed by atoms with van der Waals surface area (Å²) in [4.78, 5) is 11.8. The normalized spacial score (nSPS) is 14.9. The Bertz CT molecular complexity index is 674. The van der Waals surface area contributed by atoms with E-state index >= 15 is 0 Å².